The molecule has 1 aromatic carbocycles. The maximum absolute atomic E-state index is 5.27. The molecule has 2 rings (SSSR count). The Labute approximate surface area is 125 Å². The molecular formula is C14H14BrN3O2. The monoisotopic (exact) mass is 335 g/mol. The summed E-state index contributed by atoms with van der Waals surface area (Å²) in [6.07, 6.45) is 3.38. The van der Waals surface area contributed by atoms with Crippen LogP contribution in [0.25, 0.3) is 0 Å². The lowest BCUT2D eigenvalue weighted by Gasteiger charge is -2.10. The summed E-state index contributed by atoms with van der Waals surface area (Å²) in [6, 6.07) is 9.30. The maximum Gasteiger partial charge on any atom is 0.174 e. The minimum atomic E-state index is 0.640. The number of pyridine rings is 1. The van der Waals surface area contributed by atoms with Crippen LogP contribution in [0.2, 0.25) is 0 Å². The van der Waals surface area contributed by atoms with Crippen molar-refractivity contribution < 1.29 is 9.47 Å². The lowest BCUT2D eigenvalue weighted by atomic mass is 10.2. The molecule has 0 saturated carbocycles. The van der Waals surface area contributed by atoms with Crippen LogP contribution in [-0.2, 0) is 0 Å². The standard InChI is InChI=1S/C14H14BrN3O2/c1-19-12-8-10(7-11(15)14(12)20-2)9-17-18-13-5-3-4-6-16-13/h3-9H,1-2H3,(H,16,18). The maximum atomic E-state index is 5.27. The summed E-state index contributed by atoms with van der Waals surface area (Å²) in [5.74, 6) is 1.98. The number of anilines is 1. The number of nitrogens with zero attached hydrogens (tertiary/aromatic N) is 2. The van der Waals surface area contributed by atoms with Crippen molar-refractivity contribution in [3.05, 3.63) is 46.6 Å². The van der Waals surface area contributed by atoms with Crippen LogP contribution < -0.4 is 14.9 Å². The fourth-order valence-corrected chi connectivity index (χ4v) is 2.24. The second-order valence-corrected chi connectivity index (χ2v) is 4.68. The van der Waals surface area contributed by atoms with E-state index in [-0.39, 0.29) is 0 Å². The number of hydrogen-bond donors (Lipinski definition) is 1. The van der Waals surface area contributed by atoms with Gasteiger partial charge in [-0.3, -0.25) is 5.43 Å². The molecule has 6 heteroatoms. The first-order chi connectivity index (χ1) is 9.74. The average Bonchev–Trinajstić information content (AvgIpc) is 2.47. The Kier molecular flexibility index (Phi) is 4.95. The average molecular weight is 336 g/mol. The Hall–Kier alpha value is -2.08. The highest BCUT2D eigenvalue weighted by molar-refractivity contribution is 9.10. The number of hydrazone groups is 1. The zero-order valence-electron chi connectivity index (χ0n) is 11.1. The van der Waals surface area contributed by atoms with Crippen molar-refractivity contribution in [3.63, 3.8) is 0 Å². The molecule has 0 bridgehead atoms. The highest BCUT2D eigenvalue weighted by Crippen LogP contribution is 2.35. The van der Waals surface area contributed by atoms with E-state index in [9.17, 15) is 0 Å². The summed E-state index contributed by atoms with van der Waals surface area (Å²) < 4.78 is 11.3. The molecule has 0 saturated heterocycles. The van der Waals surface area contributed by atoms with Gasteiger partial charge in [-0.1, -0.05) is 6.07 Å². The zero-order chi connectivity index (χ0) is 14.4. The fourth-order valence-electron chi connectivity index (χ4n) is 1.61. The van der Waals surface area contributed by atoms with E-state index in [4.69, 9.17) is 9.47 Å². The van der Waals surface area contributed by atoms with E-state index in [1.54, 1.807) is 26.6 Å². The van der Waals surface area contributed by atoms with Crippen LogP contribution in [0.5, 0.6) is 11.5 Å². The van der Waals surface area contributed by atoms with E-state index in [0.29, 0.717) is 17.3 Å². The van der Waals surface area contributed by atoms with Gasteiger partial charge >= 0.3 is 0 Å². The molecule has 104 valence electrons. The number of aromatic nitrogens is 1. The molecule has 0 radical (unpaired) electrons. The highest BCUT2D eigenvalue weighted by atomic mass is 79.9. The van der Waals surface area contributed by atoms with Crippen molar-refractivity contribution in [2.45, 2.75) is 0 Å². The van der Waals surface area contributed by atoms with Crippen LogP contribution in [0.15, 0.2) is 46.1 Å². The van der Waals surface area contributed by atoms with Crippen LogP contribution in [0.4, 0.5) is 5.82 Å². The van der Waals surface area contributed by atoms with Gasteiger partial charge in [-0.2, -0.15) is 5.10 Å². The molecule has 0 amide bonds. The van der Waals surface area contributed by atoms with Gasteiger partial charge in [0.05, 0.1) is 24.9 Å². The van der Waals surface area contributed by atoms with Gasteiger partial charge in [0.2, 0.25) is 0 Å². The van der Waals surface area contributed by atoms with Crippen molar-refractivity contribution in [1.82, 2.24) is 4.98 Å². The molecule has 1 aromatic heterocycles. The van der Waals surface area contributed by atoms with Gasteiger partial charge in [0, 0.05) is 6.20 Å². The predicted octanol–water partition coefficient (Wildman–Crippen LogP) is 3.31. The van der Waals surface area contributed by atoms with Crippen LogP contribution >= 0.6 is 15.9 Å². The first-order valence-electron chi connectivity index (χ1n) is 5.86. The third-order valence-electron chi connectivity index (χ3n) is 2.51. The number of rotatable bonds is 5. The molecule has 0 atom stereocenters. The van der Waals surface area contributed by atoms with E-state index in [2.05, 4.69) is 31.4 Å². The first-order valence-corrected chi connectivity index (χ1v) is 6.65. The predicted molar refractivity (Wildman–Crippen MR) is 82.7 cm³/mol. The molecule has 2 aromatic rings. The largest absolute Gasteiger partial charge is 0.493 e. The normalized spacial score (nSPS) is 10.6. The zero-order valence-corrected chi connectivity index (χ0v) is 12.7. The second-order valence-electron chi connectivity index (χ2n) is 3.82. The molecule has 0 spiro atoms. The molecular weight excluding hydrogens is 322 g/mol. The van der Waals surface area contributed by atoms with Gasteiger partial charge in [-0.15, -0.1) is 0 Å². The second kappa shape index (κ2) is 6.91. The Morgan fingerprint density at radius 3 is 2.75 bits per heavy atom. The minimum Gasteiger partial charge on any atom is -0.493 e. The third kappa shape index (κ3) is 3.48. The molecule has 1 N–H and O–H groups in total. The number of halogens is 1. The third-order valence-corrected chi connectivity index (χ3v) is 3.10. The molecule has 0 aliphatic carbocycles. The number of nitrogens with one attached hydrogen (secondary N) is 1. The minimum absolute atomic E-state index is 0.640. The van der Waals surface area contributed by atoms with E-state index in [1.165, 1.54) is 0 Å². The Morgan fingerprint density at radius 2 is 2.10 bits per heavy atom. The fraction of sp³-hybridized carbons (Fsp3) is 0.143. The number of benzene rings is 1. The van der Waals surface area contributed by atoms with Gasteiger partial charge in [-0.05, 0) is 45.8 Å². The van der Waals surface area contributed by atoms with E-state index >= 15 is 0 Å². The number of methoxy groups -OCH3 is 2. The van der Waals surface area contributed by atoms with Gasteiger partial charge in [-0.25, -0.2) is 4.98 Å². The smallest absolute Gasteiger partial charge is 0.174 e. The summed E-state index contributed by atoms with van der Waals surface area (Å²) in [5.41, 5.74) is 3.72. The van der Waals surface area contributed by atoms with E-state index < -0.39 is 0 Å². The van der Waals surface area contributed by atoms with Gasteiger partial charge in [0.1, 0.15) is 5.82 Å². The van der Waals surface area contributed by atoms with Gasteiger partial charge in [0.25, 0.3) is 0 Å². The molecule has 0 aliphatic rings. The SMILES string of the molecule is COc1cc(C=NNc2ccccn2)cc(Br)c1OC. The van der Waals surface area contributed by atoms with Crippen LogP contribution in [0, 0.1) is 0 Å². The quantitative estimate of drug-likeness (QED) is 0.672. The molecule has 0 fully saturated rings. The van der Waals surface area contributed by atoms with Crippen molar-refractivity contribution in [3.8, 4) is 11.5 Å². The molecule has 0 aliphatic heterocycles. The van der Waals surface area contributed by atoms with Crippen molar-refractivity contribution in [2.24, 2.45) is 5.10 Å². The highest BCUT2D eigenvalue weighted by Gasteiger charge is 2.09. The summed E-state index contributed by atoms with van der Waals surface area (Å²) in [6.45, 7) is 0. The molecule has 0 unspecified atom stereocenters. The lowest BCUT2D eigenvalue weighted by molar-refractivity contribution is 0.353. The molecule has 1 heterocycles. The first kappa shape index (κ1) is 14.3. The van der Waals surface area contributed by atoms with Crippen LogP contribution in [0.1, 0.15) is 5.56 Å². The summed E-state index contributed by atoms with van der Waals surface area (Å²) in [5, 5.41) is 4.13. The Morgan fingerprint density at radius 1 is 1.25 bits per heavy atom. The summed E-state index contributed by atoms with van der Waals surface area (Å²) in [4.78, 5) is 4.11. The van der Waals surface area contributed by atoms with E-state index in [0.717, 1.165) is 10.0 Å². The number of ether oxygens (including phenoxy) is 2. The summed E-state index contributed by atoms with van der Waals surface area (Å²) in [7, 11) is 3.19. The van der Waals surface area contributed by atoms with Crippen molar-refractivity contribution in [1.29, 1.82) is 0 Å². The van der Waals surface area contributed by atoms with Crippen LogP contribution in [0.3, 0.4) is 0 Å². The topological polar surface area (TPSA) is 55.7 Å². The Bertz CT molecular complexity index is 603. The van der Waals surface area contributed by atoms with Gasteiger partial charge in [0.15, 0.2) is 11.5 Å². The summed E-state index contributed by atoms with van der Waals surface area (Å²) >= 11 is 3.44. The van der Waals surface area contributed by atoms with Crippen molar-refractivity contribution in [2.75, 3.05) is 19.6 Å². The van der Waals surface area contributed by atoms with E-state index in [1.807, 2.05) is 30.3 Å². The number of hydrogen-bond acceptors (Lipinski definition) is 5. The van der Waals surface area contributed by atoms with Gasteiger partial charge < -0.3 is 9.47 Å². The van der Waals surface area contributed by atoms with Crippen LogP contribution in [-0.4, -0.2) is 25.4 Å². The Balaban J connectivity index is 2.15. The molecule has 5 nitrogen and oxygen atoms in total. The molecule has 20 heavy (non-hydrogen) atoms. The lowest BCUT2D eigenvalue weighted by Crippen LogP contribution is -1.95. The van der Waals surface area contributed by atoms with Crippen molar-refractivity contribution >= 4 is 28.0 Å².